The van der Waals surface area contributed by atoms with E-state index in [1.165, 1.54) is 12.3 Å². The standard InChI is InChI=1S/C21H19NO5/c1-25-17-11-9-16(10-12-17)19(27-21(24)18-8-5-13-26-18)20(23)22-14-15-6-3-2-4-7-15/h2-13,19H,14H2,1H3,(H,22,23). The van der Waals surface area contributed by atoms with Crippen LogP contribution in [0.5, 0.6) is 5.75 Å². The first-order valence-electron chi connectivity index (χ1n) is 8.37. The normalized spacial score (nSPS) is 11.4. The highest BCUT2D eigenvalue weighted by molar-refractivity contribution is 5.90. The average molecular weight is 365 g/mol. The first-order valence-corrected chi connectivity index (χ1v) is 8.37. The second kappa shape index (κ2) is 8.71. The Morgan fingerprint density at radius 2 is 1.74 bits per heavy atom. The Labute approximate surface area is 156 Å². The Balaban J connectivity index is 1.77. The zero-order valence-corrected chi connectivity index (χ0v) is 14.8. The maximum absolute atomic E-state index is 12.7. The number of ether oxygens (including phenoxy) is 2. The Morgan fingerprint density at radius 1 is 1.00 bits per heavy atom. The number of benzene rings is 2. The maximum Gasteiger partial charge on any atom is 0.375 e. The van der Waals surface area contributed by atoms with E-state index in [4.69, 9.17) is 13.9 Å². The van der Waals surface area contributed by atoms with E-state index in [0.717, 1.165) is 5.56 Å². The van der Waals surface area contributed by atoms with Crippen LogP contribution >= 0.6 is 0 Å². The number of carbonyl (C=O) groups is 2. The molecule has 0 saturated heterocycles. The smallest absolute Gasteiger partial charge is 0.375 e. The van der Waals surface area contributed by atoms with Crippen molar-refractivity contribution in [3.05, 3.63) is 89.9 Å². The molecular weight excluding hydrogens is 346 g/mol. The summed E-state index contributed by atoms with van der Waals surface area (Å²) in [6.07, 6.45) is 0.256. The zero-order valence-electron chi connectivity index (χ0n) is 14.8. The lowest BCUT2D eigenvalue weighted by Crippen LogP contribution is -2.31. The number of carbonyl (C=O) groups excluding carboxylic acids is 2. The minimum absolute atomic E-state index is 0.0318. The average Bonchev–Trinajstić information content (AvgIpc) is 3.26. The summed E-state index contributed by atoms with van der Waals surface area (Å²) in [5, 5.41) is 2.80. The topological polar surface area (TPSA) is 77.8 Å². The summed E-state index contributed by atoms with van der Waals surface area (Å²) in [6.45, 7) is 0.324. The summed E-state index contributed by atoms with van der Waals surface area (Å²) >= 11 is 0. The summed E-state index contributed by atoms with van der Waals surface area (Å²) in [5.41, 5.74) is 1.47. The molecule has 1 atom stereocenters. The van der Waals surface area contributed by atoms with Gasteiger partial charge in [-0.25, -0.2) is 4.79 Å². The molecule has 0 bridgehead atoms. The monoisotopic (exact) mass is 365 g/mol. The van der Waals surface area contributed by atoms with Crippen molar-refractivity contribution >= 4 is 11.9 Å². The fraction of sp³-hybridized carbons (Fsp3) is 0.143. The van der Waals surface area contributed by atoms with Crippen molar-refractivity contribution in [2.75, 3.05) is 7.11 Å². The molecule has 2 aromatic carbocycles. The van der Waals surface area contributed by atoms with Crippen LogP contribution in [0.3, 0.4) is 0 Å². The second-order valence-electron chi connectivity index (χ2n) is 5.74. The van der Waals surface area contributed by atoms with Crippen LogP contribution in [0, 0.1) is 0 Å². The van der Waals surface area contributed by atoms with E-state index in [0.29, 0.717) is 17.9 Å². The number of esters is 1. The molecule has 0 aliphatic heterocycles. The summed E-state index contributed by atoms with van der Waals surface area (Å²) in [4.78, 5) is 25.0. The molecule has 6 nitrogen and oxygen atoms in total. The van der Waals surface area contributed by atoms with Crippen LogP contribution in [-0.4, -0.2) is 19.0 Å². The highest BCUT2D eigenvalue weighted by Gasteiger charge is 2.26. The fourth-order valence-corrected chi connectivity index (χ4v) is 2.49. The zero-order chi connectivity index (χ0) is 19.1. The molecule has 0 spiro atoms. The van der Waals surface area contributed by atoms with E-state index in [-0.39, 0.29) is 5.76 Å². The summed E-state index contributed by atoms with van der Waals surface area (Å²) < 4.78 is 15.6. The van der Waals surface area contributed by atoms with Gasteiger partial charge in [-0.3, -0.25) is 4.79 Å². The first kappa shape index (κ1) is 18.3. The van der Waals surface area contributed by atoms with Crippen molar-refractivity contribution in [2.45, 2.75) is 12.6 Å². The first-order chi connectivity index (χ1) is 13.2. The minimum atomic E-state index is -1.11. The SMILES string of the molecule is COc1ccc(C(OC(=O)c2ccco2)C(=O)NCc2ccccc2)cc1. The van der Waals surface area contributed by atoms with Crippen molar-refractivity contribution in [3.63, 3.8) is 0 Å². The van der Waals surface area contributed by atoms with Gasteiger partial charge in [-0.15, -0.1) is 0 Å². The van der Waals surface area contributed by atoms with Gasteiger partial charge in [0.2, 0.25) is 11.9 Å². The molecular formula is C21H19NO5. The highest BCUT2D eigenvalue weighted by atomic mass is 16.6. The van der Waals surface area contributed by atoms with E-state index in [2.05, 4.69) is 5.32 Å². The van der Waals surface area contributed by atoms with Gasteiger partial charge in [-0.2, -0.15) is 0 Å². The van der Waals surface area contributed by atoms with Gasteiger partial charge in [0, 0.05) is 12.1 Å². The van der Waals surface area contributed by atoms with E-state index < -0.39 is 18.0 Å². The van der Waals surface area contributed by atoms with Crippen molar-refractivity contribution in [1.29, 1.82) is 0 Å². The second-order valence-corrected chi connectivity index (χ2v) is 5.74. The molecule has 3 aromatic rings. The number of rotatable bonds is 7. The van der Waals surface area contributed by atoms with Gasteiger partial charge >= 0.3 is 5.97 Å². The van der Waals surface area contributed by atoms with Crippen molar-refractivity contribution < 1.29 is 23.5 Å². The largest absolute Gasteiger partial charge is 0.497 e. The van der Waals surface area contributed by atoms with Crippen LogP contribution in [-0.2, 0) is 16.1 Å². The third-order valence-electron chi connectivity index (χ3n) is 3.91. The predicted molar refractivity (Wildman–Crippen MR) is 98.1 cm³/mol. The molecule has 6 heteroatoms. The van der Waals surface area contributed by atoms with E-state index >= 15 is 0 Å². The van der Waals surface area contributed by atoms with E-state index in [1.807, 2.05) is 30.3 Å². The third kappa shape index (κ3) is 4.76. The summed E-state index contributed by atoms with van der Waals surface area (Å²) in [5.74, 6) is -0.469. The number of hydrogen-bond acceptors (Lipinski definition) is 5. The quantitative estimate of drug-likeness (QED) is 0.649. The Kier molecular flexibility index (Phi) is 5.89. The van der Waals surface area contributed by atoms with Gasteiger partial charge in [0.1, 0.15) is 5.75 Å². The molecule has 1 aromatic heterocycles. The van der Waals surface area contributed by atoms with Crippen LogP contribution in [0.15, 0.2) is 77.4 Å². The highest BCUT2D eigenvalue weighted by Crippen LogP contribution is 2.23. The lowest BCUT2D eigenvalue weighted by molar-refractivity contribution is -0.130. The Morgan fingerprint density at radius 3 is 2.37 bits per heavy atom. The Bertz CT molecular complexity index is 873. The molecule has 0 aliphatic carbocycles. The minimum Gasteiger partial charge on any atom is -0.497 e. The van der Waals surface area contributed by atoms with Crippen molar-refractivity contribution in [2.24, 2.45) is 0 Å². The molecule has 3 rings (SSSR count). The van der Waals surface area contributed by atoms with Gasteiger partial charge in [0.05, 0.1) is 13.4 Å². The molecule has 138 valence electrons. The lowest BCUT2D eigenvalue weighted by Gasteiger charge is -2.18. The molecule has 1 amide bonds. The lowest BCUT2D eigenvalue weighted by atomic mass is 10.1. The van der Waals surface area contributed by atoms with Crippen LogP contribution in [0.2, 0.25) is 0 Å². The third-order valence-corrected chi connectivity index (χ3v) is 3.91. The van der Waals surface area contributed by atoms with Crippen molar-refractivity contribution in [3.8, 4) is 5.75 Å². The molecule has 0 aliphatic rings. The number of methoxy groups -OCH3 is 1. The number of nitrogens with one attached hydrogen (secondary N) is 1. The molecule has 1 N–H and O–H groups in total. The van der Waals surface area contributed by atoms with Gasteiger partial charge in [-0.05, 0) is 29.8 Å². The molecule has 0 radical (unpaired) electrons. The molecule has 1 heterocycles. The molecule has 0 saturated carbocycles. The summed E-state index contributed by atoms with van der Waals surface area (Å²) in [6, 6.07) is 19.3. The van der Waals surface area contributed by atoms with Crippen LogP contribution < -0.4 is 10.1 Å². The van der Waals surface area contributed by atoms with Gasteiger partial charge in [0.25, 0.3) is 5.91 Å². The van der Waals surface area contributed by atoms with Crippen LogP contribution in [0.1, 0.15) is 27.8 Å². The van der Waals surface area contributed by atoms with Gasteiger partial charge in [0.15, 0.2) is 0 Å². The van der Waals surface area contributed by atoms with Gasteiger partial charge < -0.3 is 19.2 Å². The van der Waals surface area contributed by atoms with Crippen molar-refractivity contribution in [1.82, 2.24) is 5.32 Å². The van der Waals surface area contributed by atoms with Crippen LogP contribution in [0.25, 0.3) is 0 Å². The van der Waals surface area contributed by atoms with E-state index in [1.54, 1.807) is 37.4 Å². The molecule has 27 heavy (non-hydrogen) atoms. The fourth-order valence-electron chi connectivity index (χ4n) is 2.49. The van der Waals surface area contributed by atoms with E-state index in [9.17, 15) is 9.59 Å². The van der Waals surface area contributed by atoms with Gasteiger partial charge in [-0.1, -0.05) is 42.5 Å². The number of hydrogen-bond donors (Lipinski definition) is 1. The summed E-state index contributed by atoms with van der Waals surface area (Å²) in [7, 11) is 1.55. The van der Waals surface area contributed by atoms with Crippen LogP contribution in [0.4, 0.5) is 0 Å². The Hall–Kier alpha value is -3.54. The number of furan rings is 1. The maximum atomic E-state index is 12.7. The molecule has 0 fully saturated rings. The number of amides is 1. The predicted octanol–water partition coefficient (Wildman–Crippen LogP) is 3.50. The molecule has 1 unspecified atom stereocenters.